The van der Waals surface area contributed by atoms with Gasteiger partial charge in [-0.25, -0.2) is 0 Å². The van der Waals surface area contributed by atoms with Crippen molar-refractivity contribution in [2.45, 2.75) is 40.2 Å². The lowest BCUT2D eigenvalue weighted by atomic mass is 10.1. The summed E-state index contributed by atoms with van der Waals surface area (Å²) in [5.41, 5.74) is 0. The Bertz CT molecular complexity index is 175. The van der Waals surface area contributed by atoms with Crippen LogP contribution in [0, 0.1) is 5.92 Å². The van der Waals surface area contributed by atoms with Gasteiger partial charge in [-0.15, -0.1) is 0 Å². The molecule has 0 aliphatic carbocycles. The van der Waals surface area contributed by atoms with Crippen molar-refractivity contribution in [3.05, 3.63) is 0 Å². The molecule has 0 radical (unpaired) electrons. The summed E-state index contributed by atoms with van der Waals surface area (Å²) in [6.45, 7) is 6.69. The van der Waals surface area contributed by atoms with E-state index < -0.39 is 6.10 Å². The third kappa shape index (κ3) is 3.51. The van der Waals surface area contributed by atoms with Gasteiger partial charge in [0.05, 0.1) is 5.92 Å². The van der Waals surface area contributed by atoms with E-state index in [4.69, 9.17) is 4.74 Å². The van der Waals surface area contributed by atoms with E-state index in [9.17, 15) is 9.59 Å². The zero-order valence-electron chi connectivity index (χ0n) is 8.09. The lowest BCUT2D eigenvalue weighted by Crippen LogP contribution is -2.25. The number of hydrogen-bond acceptors (Lipinski definition) is 3. The SMILES string of the molecule is CCC(C)C(=O)OC(C)C(C)=O. The quantitative estimate of drug-likeness (QED) is 0.604. The molecule has 70 valence electrons. The van der Waals surface area contributed by atoms with Crippen molar-refractivity contribution in [2.75, 3.05) is 0 Å². The Hall–Kier alpha value is -0.860. The van der Waals surface area contributed by atoms with Crippen LogP contribution in [0.2, 0.25) is 0 Å². The van der Waals surface area contributed by atoms with Crippen molar-refractivity contribution in [3.8, 4) is 0 Å². The summed E-state index contributed by atoms with van der Waals surface area (Å²) in [6.07, 6.45) is 0.134. The highest BCUT2D eigenvalue weighted by molar-refractivity contribution is 5.83. The molecule has 0 aliphatic rings. The van der Waals surface area contributed by atoms with Crippen LogP contribution in [0.15, 0.2) is 0 Å². The van der Waals surface area contributed by atoms with E-state index >= 15 is 0 Å². The minimum absolute atomic E-state index is 0.119. The van der Waals surface area contributed by atoms with Crippen molar-refractivity contribution in [1.29, 1.82) is 0 Å². The number of carbonyl (C=O) groups is 2. The molecule has 0 fully saturated rings. The Kier molecular flexibility index (Phi) is 4.55. The molecule has 2 unspecified atom stereocenters. The second-order valence-electron chi connectivity index (χ2n) is 3.00. The minimum Gasteiger partial charge on any atom is -0.454 e. The monoisotopic (exact) mass is 172 g/mol. The van der Waals surface area contributed by atoms with Gasteiger partial charge in [0, 0.05) is 0 Å². The van der Waals surface area contributed by atoms with Crippen LogP contribution < -0.4 is 0 Å². The number of esters is 1. The van der Waals surface area contributed by atoms with Gasteiger partial charge in [0.15, 0.2) is 11.9 Å². The number of ether oxygens (including phenoxy) is 1. The normalized spacial score (nSPS) is 15.0. The average molecular weight is 172 g/mol. The predicted molar refractivity (Wildman–Crippen MR) is 45.7 cm³/mol. The van der Waals surface area contributed by atoms with Crippen LogP contribution in [0.25, 0.3) is 0 Å². The summed E-state index contributed by atoms with van der Waals surface area (Å²) in [5.74, 6) is -0.529. The Labute approximate surface area is 73.1 Å². The summed E-state index contributed by atoms with van der Waals surface area (Å²) in [4.78, 5) is 21.8. The van der Waals surface area contributed by atoms with Crippen LogP contribution in [-0.2, 0) is 14.3 Å². The summed E-state index contributed by atoms with van der Waals surface area (Å²) in [5, 5.41) is 0. The number of hydrogen-bond donors (Lipinski definition) is 0. The Morgan fingerprint density at radius 2 is 1.83 bits per heavy atom. The van der Waals surface area contributed by atoms with Crippen molar-refractivity contribution < 1.29 is 14.3 Å². The first kappa shape index (κ1) is 11.1. The molecule has 3 heteroatoms. The first-order valence-electron chi connectivity index (χ1n) is 4.20. The maximum atomic E-state index is 11.1. The van der Waals surface area contributed by atoms with Crippen molar-refractivity contribution in [1.82, 2.24) is 0 Å². The Morgan fingerprint density at radius 1 is 1.33 bits per heavy atom. The van der Waals surface area contributed by atoms with Gasteiger partial charge in [-0.3, -0.25) is 9.59 Å². The van der Waals surface area contributed by atoms with Crippen molar-refractivity contribution >= 4 is 11.8 Å². The van der Waals surface area contributed by atoms with Crippen LogP contribution in [0.3, 0.4) is 0 Å². The van der Waals surface area contributed by atoms with Crippen LogP contribution in [0.4, 0.5) is 0 Å². The van der Waals surface area contributed by atoms with Gasteiger partial charge in [-0.05, 0) is 20.3 Å². The molecule has 0 bridgehead atoms. The molecule has 0 N–H and O–H groups in total. The van der Waals surface area contributed by atoms with Crippen LogP contribution in [0.1, 0.15) is 34.1 Å². The standard InChI is InChI=1S/C9H16O3/c1-5-6(2)9(11)12-8(4)7(3)10/h6,8H,5H2,1-4H3. The van der Waals surface area contributed by atoms with Gasteiger partial charge in [0.1, 0.15) is 0 Å². The fourth-order valence-electron chi connectivity index (χ4n) is 0.540. The molecular formula is C9H16O3. The topological polar surface area (TPSA) is 43.4 Å². The van der Waals surface area contributed by atoms with Gasteiger partial charge in [0.25, 0.3) is 0 Å². The summed E-state index contributed by atoms with van der Waals surface area (Å²) in [7, 11) is 0. The summed E-state index contributed by atoms with van der Waals surface area (Å²) >= 11 is 0. The molecule has 0 aliphatic heterocycles. The largest absolute Gasteiger partial charge is 0.454 e. The van der Waals surface area contributed by atoms with Crippen LogP contribution in [-0.4, -0.2) is 17.9 Å². The minimum atomic E-state index is -0.605. The van der Waals surface area contributed by atoms with Gasteiger partial charge in [-0.2, -0.15) is 0 Å². The molecule has 0 saturated heterocycles. The number of carbonyl (C=O) groups excluding carboxylic acids is 2. The second-order valence-corrected chi connectivity index (χ2v) is 3.00. The van der Waals surface area contributed by atoms with Crippen molar-refractivity contribution in [2.24, 2.45) is 5.92 Å². The fourth-order valence-corrected chi connectivity index (χ4v) is 0.540. The molecule has 2 atom stereocenters. The smallest absolute Gasteiger partial charge is 0.309 e. The molecule has 0 aromatic carbocycles. The van der Waals surface area contributed by atoms with E-state index in [-0.39, 0.29) is 17.7 Å². The van der Waals surface area contributed by atoms with Crippen molar-refractivity contribution in [3.63, 3.8) is 0 Å². The number of ketones is 1. The molecule has 0 saturated carbocycles. The molecule has 0 rings (SSSR count). The van der Waals surface area contributed by atoms with Crippen LogP contribution >= 0.6 is 0 Å². The molecular weight excluding hydrogens is 156 g/mol. The third-order valence-electron chi connectivity index (χ3n) is 1.88. The van der Waals surface area contributed by atoms with Crippen LogP contribution in [0.5, 0.6) is 0 Å². The maximum absolute atomic E-state index is 11.1. The van der Waals surface area contributed by atoms with E-state index in [2.05, 4.69) is 0 Å². The molecule has 0 heterocycles. The highest BCUT2D eigenvalue weighted by Crippen LogP contribution is 2.05. The predicted octanol–water partition coefficient (Wildman–Crippen LogP) is 1.55. The van der Waals surface area contributed by atoms with E-state index in [0.717, 1.165) is 6.42 Å². The first-order valence-corrected chi connectivity index (χ1v) is 4.20. The zero-order chi connectivity index (χ0) is 9.72. The van der Waals surface area contributed by atoms with Gasteiger partial charge >= 0.3 is 5.97 Å². The lowest BCUT2D eigenvalue weighted by molar-refractivity contribution is -0.157. The van der Waals surface area contributed by atoms with E-state index in [0.29, 0.717) is 0 Å². The highest BCUT2D eigenvalue weighted by atomic mass is 16.5. The lowest BCUT2D eigenvalue weighted by Gasteiger charge is -2.12. The average Bonchev–Trinajstić information content (AvgIpc) is 2.02. The zero-order valence-corrected chi connectivity index (χ0v) is 8.09. The molecule has 0 aromatic rings. The molecule has 0 spiro atoms. The molecule has 12 heavy (non-hydrogen) atoms. The van der Waals surface area contributed by atoms with E-state index in [1.807, 2.05) is 6.92 Å². The van der Waals surface area contributed by atoms with E-state index in [1.165, 1.54) is 6.92 Å². The Morgan fingerprint density at radius 3 is 2.17 bits per heavy atom. The third-order valence-corrected chi connectivity index (χ3v) is 1.88. The summed E-state index contributed by atoms with van der Waals surface area (Å²) in [6, 6.07) is 0. The Balaban J connectivity index is 3.92. The summed E-state index contributed by atoms with van der Waals surface area (Å²) < 4.78 is 4.88. The number of Topliss-reactive ketones (excluding diaryl/α,β-unsaturated/α-hetero) is 1. The van der Waals surface area contributed by atoms with E-state index in [1.54, 1.807) is 13.8 Å². The molecule has 0 aromatic heterocycles. The number of rotatable bonds is 4. The highest BCUT2D eigenvalue weighted by Gasteiger charge is 2.17. The fraction of sp³-hybridized carbons (Fsp3) is 0.778. The molecule has 3 nitrogen and oxygen atoms in total. The maximum Gasteiger partial charge on any atom is 0.309 e. The van der Waals surface area contributed by atoms with Gasteiger partial charge in [-0.1, -0.05) is 13.8 Å². The van der Waals surface area contributed by atoms with Gasteiger partial charge in [0.2, 0.25) is 0 Å². The molecule has 0 amide bonds. The first-order chi connectivity index (χ1) is 5.49. The van der Waals surface area contributed by atoms with Gasteiger partial charge < -0.3 is 4.74 Å². The second kappa shape index (κ2) is 4.91.